The number of amides is 2. The lowest BCUT2D eigenvalue weighted by atomic mass is 10.0. The quantitative estimate of drug-likeness (QED) is 0.469. The molecule has 0 bridgehead atoms. The molecule has 9 heteroatoms. The number of aryl methyl sites for hydroxylation is 1. The molecule has 0 aliphatic carbocycles. The first kappa shape index (κ1) is 21.8. The number of carbonyl (C=O) groups is 2. The van der Waals surface area contributed by atoms with Crippen LogP contribution in [0.2, 0.25) is 0 Å². The number of allylic oxidation sites excluding steroid dienone is 1. The highest BCUT2D eigenvalue weighted by Gasteiger charge is 2.34. The van der Waals surface area contributed by atoms with E-state index in [1.165, 1.54) is 20.0 Å². The van der Waals surface area contributed by atoms with Crippen LogP contribution < -0.4 is 21.5 Å². The number of aromatic nitrogens is 2. The number of nitrogens with zero attached hydrogens (tertiary/aromatic N) is 2. The molecule has 154 valence electrons. The Kier molecular flexibility index (Phi) is 6.89. The fourth-order valence-corrected chi connectivity index (χ4v) is 2.38. The number of hydrogen-bond acceptors (Lipinski definition) is 7. The molecule has 0 aliphatic rings. The molecule has 0 spiro atoms. The normalized spacial score (nSPS) is 13.8. The van der Waals surface area contributed by atoms with Crippen LogP contribution in [0, 0.1) is 6.92 Å². The third kappa shape index (κ3) is 5.52. The van der Waals surface area contributed by atoms with Crippen molar-refractivity contribution < 1.29 is 19.4 Å². The van der Waals surface area contributed by atoms with Crippen LogP contribution in [0.5, 0.6) is 5.75 Å². The summed E-state index contributed by atoms with van der Waals surface area (Å²) < 4.78 is 5.75. The highest BCUT2D eigenvalue weighted by Crippen LogP contribution is 2.21. The average molecular weight is 399 g/mol. The van der Waals surface area contributed by atoms with E-state index in [-0.39, 0.29) is 23.6 Å². The minimum atomic E-state index is -1.63. The summed E-state index contributed by atoms with van der Waals surface area (Å²) in [6, 6.07) is 7.00. The molecular formula is C20H25N5O4. The van der Waals surface area contributed by atoms with Gasteiger partial charge in [0.15, 0.2) is 0 Å². The molecule has 0 aliphatic heterocycles. The van der Waals surface area contributed by atoms with Crippen LogP contribution in [0.1, 0.15) is 30.8 Å². The van der Waals surface area contributed by atoms with Gasteiger partial charge in [0.2, 0.25) is 5.91 Å². The van der Waals surface area contributed by atoms with Crippen molar-refractivity contribution in [1.29, 1.82) is 0 Å². The van der Waals surface area contributed by atoms with Gasteiger partial charge in [-0.05, 0) is 32.9 Å². The third-order valence-electron chi connectivity index (χ3n) is 4.24. The van der Waals surface area contributed by atoms with Gasteiger partial charge in [0, 0.05) is 35.4 Å². The molecule has 29 heavy (non-hydrogen) atoms. The number of aliphatic hydroxyl groups excluding tert-OH is 1. The van der Waals surface area contributed by atoms with E-state index in [9.17, 15) is 14.7 Å². The van der Waals surface area contributed by atoms with Crippen molar-refractivity contribution in [3.05, 3.63) is 59.3 Å². The first-order valence-electron chi connectivity index (χ1n) is 8.86. The summed E-state index contributed by atoms with van der Waals surface area (Å²) in [5.41, 5.74) is 11.8. The van der Waals surface area contributed by atoms with E-state index in [4.69, 9.17) is 16.2 Å². The van der Waals surface area contributed by atoms with Crippen molar-refractivity contribution >= 4 is 17.4 Å². The molecule has 1 atom stereocenters. The molecule has 2 aromatic heterocycles. The maximum atomic E-state index is 12.7. The second kappa shape index (κ2) is 9.16. The number of aliphatic hydroxyl groups is 1. The second-order valence-electron chi connectivity index (χ2n) is 6.84. The fourth-order valence-electron chi connectivity index (χ4n) is 2.38. The zero-order valence-electron chi connectivity index (χ0n) is 16.6. The van der Waals surface area contributed by atoms with Crippen LogP contribution in [-0.4, -0.2) is 39.0 Å². The lowest BCUT2D eigenvalue weighted by molar-refractivity contribution is -0.130. The molecule has 6 N–H and O–H groups in total. The summed E-state index contributed by atoms with van der Waals surface area (Å²) in [4.78, 5) is 32.7. The molecule has 2 amide bonds. The molecular weight excluding hydrogens is 374 g/mol. The smallest absolute Gasteiger partial charge is 0.256 e. The van der Waals surface area contributed by atoms with Crippen molar-refractivity contribution in [2.45, 2.75) is 32.9 Å². The van der Waals surface area contributed by atoms with E-state index in [0.717, 1.165) is 11.3 Å². The lowest BCUT2D eigenvalue weighted by Gasteiger charge is -2.25. The van der Waals surface area contributed by atoms with E-state index < -0.39 is 24.0 Å². The van der Waals surface area contributed by atoms with Gasteiger partial charge in [0.05, 0.1) is 17.9 Å². The lowest BCUT2D eigenvalue weighted by Crippen LogP contribution is -2.58. The Bertz CT molecular complexity index is 923. The predicted octanol–water partition coefficient (Wildman–Crippen LogP) is 0.406. The Morgan fingerprint density at radius 2 is 1.97 bits per heavy atom. The van der Waals surface area contributed by atoms with Gasteiger partial charge in [0.25, 0.3) is 5.91 Å². The minimum absolute atomic E-state index is 0.0494. The van der Waals surface area contributed by atoms with Crippen LogP contribution in [0.3, 0.4) is 0 Å². The van der Waals surface area contributed by atoms with Crippen LogP contribution in [-0.2, 0) is 16.2 Å². The summed E-state index contributed by atoms with van der Waals surface area (Å²) >= 11 is 0. The molecule has 0 radical (unpaired) electrons. The van der Waals surface area contributed by atoms with Gasteiger partial charge in [-0.1, -0.05) is 6.07 Å². The van der Waals surface area contributed by atoms with Crippen LogP contribution in [0.15, 0.2) is 42.4 Å². The van der Waals surface area contributed by atoms with Gasteiger partial charge < -0.3 is 26.6 Å². The first-order valence-corrected chi connectivity index (χ1v) is 8.86. The Morgan fingerprint density at radius 3 is 2.52 bits per heavy atom. The van der Waals surface area contributed by atoms with E-state index >= 15 is 0 Å². The zero-order valence-corrected chi connectivity index (χ0v) is 16.6. The largest absolute Gasteiger partial charge is 0.489 e. The van der Waals surface area contributed by atoms with Crippen LogP contribution in [0.25, 0.3) is 5.57 Å². The van der Waals surface area contributed by atoms with Crippen molar-refractivity contribution in [1.82, 2.24) is 15.3 Å². The maximum absolute atomic E-state index is 12.7. The summed E-state index contributed by atoms with van der Waals surface area (Å²) in [5.74, 6) is -1.09. The third-order valence-corrected chi connectivity index (χ3v) is 4.24. The molecule has 2 heterocycles. The Morgan fingerprint density at radius 1 is 1.24 bits per heavy atom. The van der Waals surface area contributed by atoms with Crippen molar-refractivity contribution in [3.63, 3.8) is 0 Å². The molecule has 1 unspecified atom stereocenters. The number of pyridine rings is 2. The number of carbonyl (C=O) groups excluding carboxylic acids is 2. The molecule has 2 rings (SSSR count). The molecule has 0 saturated carbocycles. The molecule has 0 saturated heterocycles. The van der Waals surface area contributed by atoms with Gasteiger partial charge >= 0.3 is 0 Å². The summed E-state index contributed by atoms with van der Waals surface area (Å²) in [6.07, 6.45) is 3.20. The Balaban J connectivity index is 2.22. The Labute approximate surface area is 168 Å². The SMILES string of the molecule is C/C(N)=C(\C(=O)NC(C)(CO)C(N)=O)c1cc(OCc2ccc(C)nc2)ccn1. The number of hydrogen-bond donors (Lipinski definition) is 4. The topological polar surface area (TPSA) is 153 Å². The minimum Gasteiger partial charge on any atom is -0.489 e. The maximum Gasteiger partial charge on any atom is 0.256 e. The van der Waals surface area contributed by atoms with E-state index in [0.29, 0.717) is 5.75 Å². The second-order valence-corrected chi connectivity index (χ2v) is 6.84. The van der Waals surface area contributed by atoms with Crippen molar-refractivity contribution in [3.8, 4) is 5.75 Å². The van der Waals surface area contributed by atoms with Crippen molar-refractivity contribution in [2.24, 2.45) is 11.5 Å². The number of primary amides is 1. The van der Waals surface area contributed by atoms with E-state index in [2.05, 4.69) is 15.3 Å². The van der Waals surface area contributed by atoms with Crippen LogP contribution >= 0.6 is 0 Å². The molecule has 9 nitrogen and oxygen atoms in total. The fraction of sp³-hybridized carbons (Fsp3) is 0.300. The number of ether oxygens (including phenoxy) is 1. The zero-order chi connectivity index (χ0) is 21.6. The number of rotatable bonds is 8. The molecule has 2 aromatic rings. The summed E-state index contributed by atoms with van der Waals surface area (Å²) in [5, 5.41) is 11.8. The van der Waals surface area contributed by atoms with Crippen molar-refractivity contribution in [2.75, 3.05) is 6.61 Å². The predicted molar refractivity (Wildman–Crippen MR) is 107 cm³/mol. The van der Waals surface area contributed by atoms with E-state index in [1.54, 1.807) is 18.3 Å². The number of nitrogens with one attached hydrogen (secondary N) is 1. The number of nitrogens with two attached hydrogens (primary N) is 2. The van der Waals surface area contributed by atoms with E-state index in [1.807, 2.05) is 19.1 Å². The highest BCUT2D eigenvalue weighted by atomic mass is 16.5. The Hall–Kier alpha value is -3.46. The van der Waals surface area contributed by atoms with Gasteiger partial charge in [-0.2, -0.15) is 0 Å². The average Bonchev–Trinajstić information content (AvgIpc) is 2.67. The van der Waals surface area contributed by atoms with Gasteiger partial charge in [-0.25, -0.2) is 0 Å². The van der Waals surface area contributed by atoms with Gasteiger partial charge in [-0.15, -0.1) is 0 Å². The highest BCUT2D eigenvalue weighted by molar-refractivity contribution is 6.20. The standard InChI is InChI=1S/C20H25N5O4/c1-12-4-5-14(9-24-12)10-29-15-6-7-23-16(8-15)17(13(2)21)18(27)25-20(3,11-26)19(22)28/h4-9,26H,10-11,21H2,1-3H3,(H2,22,28)(H,25,27)/b17-13+. The summed E-state index contributed by atoms with van der Waals surface area (Å²) in [6.45, 7) is 4.37. The molecule has 0 fully saturated rings. The van der Waals surface area contributed by atoms with Crippen LogP contribution in [0.4, 0.5) is 0 Å². The summed E-state index contributed by atoms with van der Waals surface area (Å²) in [7, 11) is 0. The molecule has 0 aromatic carbocycles. The van der Waals surface area contributed by atoms with Gasteiger partial charge in [0.1, 0.15) is 17.9 Å². The first-order chi connectivity index (χ1) is 13.7. The van der Waals surface area contributed by atoms with Gasteiger partial charge in [-0.3, -0.25) is 19.6 Å². The monoisotopic (exact) mass is 399 g/mol.